The number of carbonyl (C=O) groups excluding carboxylic acids is 4. The zero-order valence-corrected chi connectivity index (χ0v) is 60.7. The number of unbranched alkanes of at least 4 members (excludes halogenated alkanes) is 44. The van der Waals surface area contributed by atoms with E-state index >= 15 is 0 Å². The van der Waals surface area contributed by atoms with E-state index in [1.54, 1.807) is 0 Å². The van der Waals surface area contributed by atoms with Gasteiger partial charge in [0.15, 0.2) is 0 Å². The summed E-state index contributed by atoms with van der Waals surface area (Å²) >= 11 is 0. The van der Waals surface area contributed by atoms with Gasteiger partial charge in [-0.1, -0.05) is 282 Å². The molecule has 0 aromatic rings. The lowest BCUT2D eigenvalue weighted by atomic mass is 10.0. The molecule has 0 bridgehead atoms. The third-order valence-electron chi connectivity index (χ3n) is 18.2. The van der Waals surface area contributed by atoms with Gasteiger partial charge in [0, 0.05) is 45.1 Å². The molecule has 2 atom stereocenters. The highest BCUT2D eigenvalue weighted by Crippen LogP contribution is 2.17. The van der Waals surface area contributed by atoms with E-state index in [1.807, 2.05) is 0 Å². The Bertz CT molecular complexity index is 1640. The molecule has 0 saturated heterocycles. The number of nitrogens with one attached hydrogen (secondary N) is 4. The smallest absolute Gasteiger partial charge is 0.221 e. The van der Waals surface area contributed by atoms with Crippen molar-refractivity contribution in [2.45, 2.75) is 438 Å². The first-order valence-electron chi connectivity index (χ1n) is 40.0. The Labute approximate surface area is 560 Å². The summed E-state index contributed by atoms with van der Waals surface area (Å²) in [5.74, 6) is 0.783. The van der Waals surface area contributed by atoms with E-state index in [-0.39, 0.29) is 29.9 Å². The van der Waals surface area contributed by atoms with E-state index in [9.17, 15) is 19.2 Å². The molecule has 2 amide bonds. The Balaban J connectivity index is 5.36. The maximum absolute atomic E-state index is 13.7. The van der Waals surface area contributed by atoms with Crippen LogP contribution in [0.1, 0.15) is 426 Å². The summed E-state index contributed by atoms with van der Waals surface area (Å²) in [7, 11) is 0. The van der Waals surface area contributed by atoms with Gasteiger partial charge >= 0.3 is 0 Å². The fraction of sp³-hybridized carbons (Fsp3) is 0.854. The Kier molecular flexibility index (Phi) is 72.8. The van der Waals surface area contributed by atoms with Crippen molar-refractivity contribution in [3.63, 3.8) is 0 Å². The van der Waals surface area contributed by atoms with Crippen LogP contribution in [0.3, 0.4) is 0 Å². The zero-order chi connectivity index (χ0) is 65.2. The highest BCUT2D eigenvalue weighted by atomic mass is 16.2. The fourth-order valence-electron chi connectivity index (χ4n) is 12.2. The van der Waals surface area contributed by atoms with Gasteiger partial charge < -0.3 is 16.0 Å². The predicted molar refractivity (Wildman–Crippen MR) is 395 cm³/mol. The molecule has 4 N–H and O–H groups in total. The molecular formula is C82H154N4O4. The van der Waals surface area contributed by atoms with Gasteiger partial charge in [0.2, 0.25) is 11.8 Å². The molecule has 0 aliphatic heterocycles. The molecule has 0 saturated carbocycles. The van der Waals surface area contributed by atoms with Crippen molar-refractivity contribution < 1.29 is 19.2 Å². The van der Waals surface area contributed by atoms with Crippen LogP contribution >= 0.6 is 0 Å². The van der Waals surface area contributed by atoms with E-state index in [0.29, 0.717) is 63.8 Å². The average Bonchev–Trinajstić information content (AvgIpc) is 3.69. The number of allylic oxidation sites excluding steroid dienone is 8. The monoisotopic (exact) mass is 1260 g/mol. The number of hydrogen-bond donors (Lipinski definition) is 4. The summed E-state index contributed by atoms with van der Waals surface area (Å²) in [5.41, 5.74) is 0. The summed E-state index contributed by atoms with van der Waals surface area (Å²) in [6.07, 6.45) is 89.0. The van der Waals surface area contributed by atoms with Crippen LogP contribution < -0.4 is 21.3 Å². The molecular weight excluding hydrogens is 1100 g/mol. The Morgan fingerprint density at radius 1 is 0.256 bits per heavy atom. The standard InChI is InChI=1S/C82H154N4O4/c1-5-9-13-17-21-25-29-33-37-41-45-49-53-57-61-67-77(87)69-65-70-79(83-75-66-76-84-81(89)71-63-59-55-51-47-43-39-35-31-27-23-19-15-11-7-3)85-80(86-82(90)72-64-60-56-52-48-44-40-36-32-28-24-20-16-12-8-4)74-73-78(88)68-62-58-54-50-46-42-38-34-30-26-22-18-14-10-6-2/h33-40,79-80,83,85H,5-32,41-76H2,1-4H3,(H,84,89)(H,86,90). The molecule has 0 fully saturated rings. The van der Waals surface area contributed by atoms with Crippen LogP contribution in [-0.4, -0.2) is 48.8 Å². The maximum Gasteiger partial charge on any atom is 0.221 e. The first kappa shape index (κ1) is 87.2. The van der Waals surface area contributed by atoms with Crippen molar-refractivity contribution in [2.75, 3.05) is 13.1 Å². The minimum absolute atomic E-state index is 0.0395. The van der Waals surface area contributed by atoms with Crippen LogP contribution in [0.5, 0.6) is 0 Å². The van der Waals surface area contributed by atoms with E-state index in [2.05, 4.69) is 97.6 Å². The van der Waals surface area contributed by atoms with E-state index in [1.165, 1.54) is 263 Å². The Morgan fingerprint density at radius 2 is 0.533 bits per heavy atom. The van der Waals surface area contributed by atoms with Gasteiger partial charge in [-0.25, -0.2) is 0 Å². The lowest BCUT2D eigenvalue weighted by Gasteiger charge is -2.28. The van der Waals surface area contributed by atoms with Crippen LogP contribution in [-0.2, 0) is 19.2 Å². The number of amides is 2. The Hall–Kier alpha value is -2.84. The lowest BCUT2D eigenvalue weighted by molar-refractivity contribution is -0.123. The molecule has 0 aromatic heterocycles. The Morgan fingerprint density at radius 3 is 0.878 bits per heavy atom. The van der Waals surface area contributed by atoms with E-state index in [0.717, 1.165) is 89.9 Å². The molecule has 8 heteroatoms. The van der Waals surface area contributed by atoms with Crippen molar-refractivity contribution in [1.29, 1.82) is 0 Å². The van der Waals surface area contributed by atoms with Crippen LogP contribution in [0.15, 0.2) is 48.6 Å². The number of ketones is 2. The van der Waals surface area contributed by atoms with Crippen molar-refractivity contribution in [3.8, 4) is 0 Å². The molecule has 0 heterocycles. The third kappa shape index (κ3) is 71.0. The van der Waals surface area contributed by atoms with Gasteiger partial charge in [0.25, 0.3) is 0 Å². The van der Waals surface area contributed by atoms with Gasteiger partial charge in [-0.05, 0) is 161 Å². The SMILES string of the molecule is CCCCCCCCC=CCCCCCCCC(=O)CCCC(NCCCNC(=O)CCCCCCCC=CCCCCCCCC)NC(CCC(=O)CCCCCCCC=CCCCCCCCC)NC(=O)CCCCCCCC=CCCCCCCCC. The van der Waals surface area contributed by atoms with Crippen molar-refractivity contribution in [1.82, 2.24) is 21.3 Å². The molecule has 90 heavy (non-hydrogen) atoms. The van der Waals surface area contributed by atoms with Gasteiger partial charge in [-0.2, -0.15) is 0 Å². The number of rotatable bonds is 75. The first-order chi connectivity index (χ1) is 44.4. The second kappa shape index (κ2) is 75.2. The normalized spacial score (nSPS) is 12.6. The lowest BCUT2D eigenvalue weighted by Crippen LogP contribution is -2.54. The quantitative estimate of drug-likeness (QED) is 0.0274. The fourth-order valence-corrected chi connectivity index (χ4v) is 12.2. The number of Topliss-reactive ketones (excluding diaryl/α,β-unsaturated/α-hetero) is 2. The third-order valence-corrected chi connectivity index (χ3v) is 18.2. The van der Waals surface area contributed by atoms with Gasteiger partial charge in [-0.15, -0.1) is 0 Å². The van der Waals surface area contributed by atoms with Gasteiger partial charge in [0.1, 0.15) is 11.6 Å². The minimum Gasteiger partial charge on any atom is -0.356 e. The molecule has 0 aromatic carbocycles. The second-order valence-electron chi connectivity index (χ2n) is 27.3. The van der Waals surface area contributed by atoms with Crippen molar-refractivity contribution in [3.05, 3.63) is 48.6 Å². The minimum atomic E-state index is -0.353. The van der Waals surface area contributed by atoms with Crippen LogP contribution in [0.4, 0.5) is 0 Å². The van der Waals surface area contributed by atoms with Gasteiger partial charge in [-0.3, -0.25) is 24.5 Å². The topological polar surface area (TPSA) is 116 Å². The van der Waals surface area contributed by atoms with Crippen LogP contribution in [0, 0.1) is 0 Å². The van der Waals surface area contributed by atoms with Crippen LogP contribution in [0.25, 0.3) is 0 Å². The highest BCUT2D eigenvalue weighted by molar-refractivity contribution is 5.79. The predicted octanol–water partition coefficient (Wildman–Crippen LogP) is 24.7. The summed E-state index contributed by atoms with van der Waals surface area (Å²) in [6, 6.07) is 0. The average molecular weight is 1260 g/mol. The molecule has 526 valence electrons. The second-order valence-corrected chi connectivity index (χ2v) is 27.3. The summed E-state index contributed by atoms with van der Waals surface area (Å²) in [5, 5.41) is 14.0. The summed E-state index contributed by atoms with van der Waals surface area (Å²) in [6.45, 7) is 10.4. The zero-order valence-electron chi connectivity index (χ0n) is 60.7. The largest absolute Gasteiger partial charge is 0.356 e. The highest BCUT2D eigenvalue weighted by Gasteiger charge is 2.19. The number of carbonyl (C=O) groups is 4. The van der Waals surface area contributed by atoms with Crippen LogP contribution in [0.2, 0.25) is 0 Å². The molecule has 0 radical (unpaired) electrons. The molecule has 0 spiro atoms. The first-order valence-corrected chi connectivity index (χ1v) is 40.0. The van der Waals surface area contributed by atoms with Crippen molar-refractivity contribution in [2.24, 2.45) is 0 Å². The van der Waals surface area contributed by atoms with E-state index < -0.39 is 0 Å². The number of hydrogen-bond acceptors (Lipinski definition) is 6. The molecule has 8 nitrogen and oxygen atoms in total. The molecule has 0 rings (SSSR count). The maximum atomic E-state index is 13.7. The molecule has 0 aliphatic carbocycles. The molecule has 0 aliphatic rings. The summed E-state index contributed by atoms with van der Waals surface area (Å²) in [4.78, 5) is 53.2. The molecule has 2 unspecified atom stereocenters. The summed E-state index contributed by atoms with van der Waals surface area (Å²) < 4.78 is 0. The van der Waals surface area contributed by atoms with Gasteiger partial charge in [0.05, 0.1) is 12.3 Å². The van der Waals surface area contributed by atoms with Crippen molar-refractivity contribution >= 4 is 23.4 Å². The van der Waals surface area contributed by atoms with E-state index in [4.69, 9.17) is 0 Å².